The number of benzene rings is 1. The molecule has 1 N–H and O–H groups in total. The minimum absolute atomic E-state index is 0.112. The summed E-state index contributed by atoms with van der Waals surface area (Å²) in [6, 6.07) is 11.3. The van der Waals surface area contributed by atoms with Gasteiger partial charge < -0.3 is 14.6 Å². The fraction of sp³-hybridized carbons (Fsp3) is 0.320. The molecule has 4 rings (SSSR count). The zero-order valence-electron chi connectivity index (χ0n) is 19.9. The number of nitrogens with one attached hydrogen (secondary N) is 1. The van der Waals surface area contributed by atoms with Crippen molar-refractivity contribution in [2.24, 2.45) is 0 Å². The number of hydrogen-bond acceptors (Lipinski definition) is 7. The van der Waals surface area contributed by atoms with E-state index in [0.717, 1.165) is 11.3 Å². The molecule has 0 spiro atoms. The third-order valence-corrected chi connectivity index (χ3v) is 4.92. The van der Waals surface area contributed by atoms with E-state index in [0.29, 0.717) is 29.6 Å². The van der Waals surface area contributed by atoms with Crippen LogP contribution in [-0.2, 0) is 12.0 Å². The van der Waals surface area contributed by atoms with Crippen molar-refractivity contribution in [3.05, 3.63) is 72.2 Å². The molecular weight excluding hydrogens is 432 g/mol. The number of amides is 1. The average molecular weight is 461 g/mol. The molecule has 1 amide bonds. The van der Waals surface area contributed by atoms with Gasteiger partial charge in [0, 0.05) is 24.4 Å². The standard InChI is InChI=1S/C25H28N6O3/c1-16(2)33-18-10-8-17(9-11-18)13-27-22(32)20-14-31(15-28-20)21-19(7-6-12-26-21)23-29-24(30-34-23)25(3,4)5/h6-12,14-16H,13H2,1-5H3,(H,27,32). The highest BCUT2D eigenvalue weighted by molar-refractivity contribution is 5.92. The van der Waals surface area contributed by atoms with E-state index >= 15 is 0 Å². The molecule has 0 unspecified atom stereocenters. The predicted molar refractivity (Wildman–Crippen MR) is 127 cm³/mol. The van der Waals surface area contributed by atoms with Gasteiger partial charge in [-0.15, -0.1) is 0 Å². The van der Waals surface area contributed by atoms with Gasteiger partial charge in [-0.2, -0.15) is 4.98 Å². The first-order chi connectivity index (χ1) is 16.2. The van der Waals surface area contributed by atoms with E-state index in [4.69, 9.17) is 9.26 Å². The summed E-state index contributed by atoms with van der Waals surface area (Å²) in [5.74, 6) is 2.01. The van der Waals surface area contributed by atoms with E-state index in [1.54, 1.807) is 29.4 Å². The molecule has 0 aliphatic heterocycles. The SMILES string of the molecule is CC(C)Oc1ccc(CNC(=O)c2cn(-c3ncccc3-c3nc(C(C)(C)C)no3)cn2)cc1. The molecule has 3 aromatic heterocycles. The second-order valence-electron chi connectivity index (χ2n) is 9.21. The van der Waals surface area contributed by atoms with Crippen molar-refractivity contribution in [2.45, 2.75) is 52.7 Å². The summed E-state index contributed by atoms with van der Waals surface area (Å²) in [7, 11) is 0. The van der Waals surface area contributed by atoms with Crippen molar-refractivity contribution in [2.75, 3.05) is 0 Å². The first-order valence-corrected chi connectivity index (χ1v) is 11.1. The Morgan fingerprint density at radius 3 is 2.59 bits per heavy atom. The topological polar surface area (TPSA) is 108 Å². The molecule has 3 heterocycles. The van der Waals surface area contributed by atoms with E-state index in [1.807, 2.05) is 65.0 Å². The molecule has 34 heavy (non-hydrogen) atoms. The van der Waals surface area contributed by atoms with Gasteiger partial charge in [-0.25, -0.2) is 9.97 Å². The number of hydrogen-bond donors (Lipinski definition) is 1. The quantitative estimate of drug-likeness (QED) is 0.437. The second kappa shape index (κ2) is 9.46. The number of pyridine rings is 1. The third-order valence-electron chi connectivity index (χ3n) is 4.92. The summed E-state index contributed by atoms with van der Waals surface area (Å²) in [6.45, 7) is 10.4. The van der Waals surface area contributed by atoms with E-state index in [-0.39, 0.29) is 23.1 Å². The van der Waals surface area contributed by atoms with Crippen LogP contribution in [0, 0.1) is 0 Å². The minimum atomic E-state index is -0.286. The summed E-state index contributed by atoms with van der Waals surface area (Å²) in [5.41, 5.74) is 1.64. The highest BCUT2D eigenvalue weighted by Crippen LogP contribution is 2.27. The van der Waals surface area contributed by atoms with Crippen LogP contribution in [0.25, 0.3) is 17.3 Å². The number of imidazole rings is 1. The molecule has 0 aliphatic carbocycles. The van der Waals surface area contributed by atoms with Crippen molar-refractivity contribution in [1.29, 1.82) is 0 Å². The van der Waals surface area contributed by atoms with Crippen molar-refractivity contribution in [3.63, 3.8) is 0 Å². The van der Waals surface area contributed by atoms with Gasteiger partial charge in [-0.1, -0.05) is 38.1 Å². The van der Waals surface area contributed by atoms with Crippen LogP contribution in [-0.4, -0.2) is 36.7 Å². The van der Waals surface area contributed by atoms with Crippen LogP contribution in [0.5, 0.6) is 5.75 Å². The Morgan fingerprint density at radius 2 is 1.91 bits per heavy atom. The highest BCUT2D eigenvalue weighted by atomic mass is 16.5. The smallest absolute Gasteiger partial charge is 0.271 e. The number of carbonyl (C=O) groups excluding carboxylic acids is 1. The minimum Gasteiger partial charge on any atom is -0.491 e. The predicted octanol–water partition coefficient (Wildman–Crippen LogP) is 4.33. The Bertz CT molecular complexity index is 1270. The zero-order valence-corrected chi connectivity index (χ0v) is 19.9. The zero-order chi connectivity index (χ0) is 24.3. The molecule has 176 valence electrons. The number of carbonyl (C=O) groups is 1. The summed E-state index contributed by atoms with van der Waals surface area (Å²) >= 11 is 0. The Hall–Kier alpha value is -4.01. The van der Waals surface area contributed by atoms with Crippen LogP contribution in [0.15, 0.2) is 59.6 Å². The summed E-state index contributed by atoms with van der Waals surface area (Å²) in [5, 5.41) is 6.98. The van der Waals surface area contributed by atoms with Crippen LogP contribution in [0.2, 0.25) is 0 Å². The van der Waals surface area contributed by atoms with Crippen LogP contribution >= 0.6 is 0 Å². The van der Waals surface area contributed by atoms with Gasteiger partial charge in [0.05, 0.1) is 11.7 Å². The molecule has 9 nitrogen and oxygen atoms in total. The lowest BCUT2D eigenvalue weighted by atomic mass is 9.96. The first-order valence-electron chi connectivity index (χ1n) is 11.1. The average Bonchev–Trinajstić information content (AvgIpc) is 3.48. The Balaban J connectivity index is 1.47. The number of ether oxygens (including phenoxy) is 1. The van der Waals surface area contributed by atoms with Gasteiger partial charge in [-0.3, -0.25) is 9.36 Å². The van der Waals surface area contributed by atoms with Gasteiger partial charge in [0.1, 0.15) is 17.8 Å². The maximum Gasteiger partial charge on any atom is 0.271 e. The van der Waals surface area contributed by atoms with Gasteiger partial charge >= 0.3 is 0 Å². The van der Waals surface area contributed by atoms with Crippen molar-refractivity contribution in [1.82, 2.24) is 30.0 Å². The van der Waals surface area contributed by atoms with Gasteiger partial charge in [0.2, 0.25) is 0 Å². The number of aromatic nitrogens is 5. The molecule has 9 heteroatoms. The van der Waals surface area contributed by atoms with Crippen LogP contribution in [0.3, 0.4) is 0 Å². The fourth-order valence-corrected chi connectivity index (χ4v) is 3.19. The highest BCUT2D eigenvalue weighted by Gasteiger charge is 2.23. The molecule has 0 radical (unpaired) electrons. The van der Waals surface area contributed by atoms with Gasteiger partial charge in [0.25, 0.3) is 11.8 Å². The molecule has 0 fully saturated rings. The summed E-state index contributed by atoms with van der Waals surface area (Å²) < 4.78 is 12.8. The molecule has 0 atom stereocenters. The van der Waals surface area contributed by atoms with Crippen LogP contribution < -0.4 is 10.1 Å². The molecule has 0 saturated carbocycles. The van der Waals surface area contributed by atoms with E-state index < -0.39 is 0 Å². The van der Waals surface area contributed by atoms with Crippen molar-refractivity contribution in [3.8, 4) is 23.0 Å². The molecule has 0 saturated heterocycles. The monoisotopic (exact) mass is 460 g/mol. The molecular formula is C25H28N6O3. The molecule has 4 aromatic rings. The Labute approximate surface area is 198 Å². The Kier molecular flexibility index (Phi) is 6.45. The lowest BCUT2D eigenvalue weighted by Gasteiger charge is -2.11. The Morgan fingerprint density at radius 1 is 1.15 bits per heavy atom. The maximum atomic E-state index is 12.7. The lowest BCUT2D eigenvalue weighted by Crippen LogP contribution is -2.23. The van der Waals surface area contributed by atoms with E-state index in [2.05, 4.69) is 25.4 Å². The second-order valence-corrected chi connectivity index (χ2v) is 9.21. The first kappa shape index (κ1) is 23.2. The largest absolute Gasteiger partial charge is 0.491 e. The van der Waals surface area contributed by atoms with E-state index in [9.17, 15) is 4.79 Å². The normalized spacial score (nSPS) is 11.6. The molecule has 0 aliphatic rings. The third kappa shape index (κ3) is 5.31. The summed E-state index contributed by atoms with van der Waals surface area (Å²) in [4.78, 5) is 25.9. The van der Waals surface area contributed by atoms with Crippen molar-refractivity contribution < 1.29 is 14.1 Å². The van der Waals surface area contributed by atoms with Gasteiger partial charge in [0.15, 0.2) is 11.6 Å². The summed E-state index contributed by atoms with van der Waals surface area (Å²) in [6.07, 6.45) is 4.94. The molecule has 0 bridgehead atoms. The van der Waals surface area contributed by atoms with E-state index in [1.165, 1.54) is 0 Å². The lowest BCUT2D eigenvalue weighted by molar-refractivity contribution is 0.0946. The maximum absolute atomic E-state index is 12.7. The van der Waals surface area contributed by atoms with Gasteiger partial charge in [-0.05, 0) is 43.7 Å². The fourth-order valence-electron chi connectivity index (χ4n) is 3.19. The number of rotatable bonds is 7. The molecule has 1 aromatic carbocycles. The van der Waals surface area contributed by atoms with Crippen molar-refractivity contribution >= 4 is 5.91 Å². The van der Waals surface area contributed by atoms with Crippen LogP contribution in [0.1, 0.15) is 56.5 Å². The van der Waals surface area contributed by atoms with Crippen LogP contribution in [0.4, 0.5) is 0 Å². The number of nitrogens with zero attached hydrogens (tertiary/aromatic N) is 5.